The van der Waals surface area contributed by atoms with Crippen LogP contribution < -0.4 is 27.0 Å². The molecule has 4 atom stereocenters. The van der Waals surface area contributed by atoms with E-state index in [1.807, 2.05) is 0 Å². The van der Waals surface area contributed by atoms with Crippen LogP contribution in [0, 0.1) is 0 Å². The van der Waals surface area contributed by atoms with Gasteiger partial charge in [-0.1, -0.05) is 12.8 Å². The Hall–Kier alpha value is -1.84. The van der Waals surface area contributed by atoms with Crippen molar-refractivity contribution >= 4 is 22.9 Å². The van der Waals surface area contributed by atoms with Gasteiger partial charge in [0.05, 0.1) is 6.33 Å². The number of fused-ring (bicyclic) bond motifs is 1. The number of imidazole rings is 1. The Morgan fingerprint density at radius 2 is 1.64 bits per heavy atom. The molecule has 39 heavy (non-hydrogen) atoms. The van der Waals surface area contributed by atoms with Crippen molar-refractivity contribution in [2.24, 2.45) is 0 Å². The summed E-state index contributed by atoms with van der Waals surface area (Å²) in [6.07, 6.45) is 1.79. The molecular formula is C24H42N10O4Zn+2. The van der Waals surface area contributed by atoms with Crippen LogP contribution in [0.2, 0.25) is 0 Å². The van der Waals surface area contributed by atoms with Gasteiger partial charge in [-0.3, -0.25) is 9.36 Å². The van der Waals surface area contributed by atoms with Crippen molar-refractivity contribution in [3.05, 3.63) is 12.7 Å². The number of carbonyl (C=O) groups is 1. The Balaban J connectivity index is 0.00000420. The van der Waals surface area contributed by atoms with Crippen LogP contribution >= 0.6 is 0 Å². The van der Waals surface area contributed by atoms with Crippen molar-refractivity contribution in [3.63, 3.8) is 0 Å². The number of aliphatic hydroxyl groups excluding tert-OH is 2. The van der Waals surface area contributed by atoms with E-state index in [4.69, 9.17) is 10.5 Å². The topological polar surface area (TPSA) is 188 Å². The van der Waals surface area contributed by atoms with Gasteiger partial charge in [0.15, 0.2) is 23.8 Å². The molecule has 0 unspecified atom stereocenters. The third kappa shape index (κ3) is 8.82. The zero-order chi connectivity index (χ0) is 26.7. The summed E-state index contributed by atoms with van der Waals surface area (Å²) in [5, 5.41) is 34.2. The van der Waals surface area contributed by atoms with E-state index in [1.165, 1.54) is 17.2 Å². The van der Waals surface area contributed by atoms with Gasteiger partial charge in [0.2, 0.25) is 0 Å². The smallest absolute Gasteiger partial charge is 0.387 e. The van der Waals surface area contributed by atoms with Crippen molar-refractivity contribution in [1.82, 2.24) is 45.7 Å². The average molecular weight is 600 g/mol. The van der Waals surface area contributed by atoms with Crippen molar-refractivity contribution in [1.29, 1.82) is 0 Å². The van der Waals surface area contributed by atoms with E-state index in [9.17, 15) is 15.0 Å². The van der Waals surface area contributed by atoms with Crippen molar-refractivity contribution in [3.8, 4) is 0 Å². The molecule has 212 valence electrons. The fourth-order valence-electron chi connectivity index (χ4n) is 4.83. The first-order valence-electron chi connectivity index (χ1n) is 13.6. The molecule has 2 aliphatic heterocycles. The molecule has 2 fully saturated rings. The molecule has 1 amide bonds. The second-order valence-electron chi connectivity index (χ2n) is 9.81. The minimum Gasteiger partial charge on any atom is -0.387 e. The predicted molar refractivity (Wildman–Crippen MR) is 142 cm³/mol. The Bertz CT molecular complexity index is 1000. The summed E-state index contributed by atoms with van der Waals surface area (Å²) in [6.45, 7) is 9.61. The van der Waals surface area contributed by atoms with E-state index in [2.05, 4.69) is 41.1 Å². The van der Waals surface area contributed by atoms with Crippen LogP contribution in [-0.2, 0) is 29.0 Å². The van der Waals surface area contributed by atoms with Crippen LogP contribution in [0.5, 0.6) is 0 Å². The standard InChI is InChI=1S/C24H42N10O4.Zn/c25-21-17-22(31-15-30-21)34(16-32-17)24-19(36)18(35)20(38-24)23(37)29-5-3-1-2-4-12-33-13-10-27-8-6-26-7-9-28-11-14-33;/h15-16,18-20,24,26-28,35-36H,1-14H2,(H,29,37)(H2,25,30,31);/q;+2/t18-,19+,20-,24+;/m0./s1. The van der Waals surface area contributed by atoms with Crippen LogP contribution in [0.4, 0.5) is 5.82 Å². The first-order chi connectivity index (χ1) is 18.6. The SMILES string of the molecule is Nc1ncnc2c1ncn2[C@@H]1O[C@H](C(=O)NCCCCCCN2CCNCCNCCNCC2)[C@@H](O)[C@H]1O.[Zn+2]. The molecule has 8 N–H and O–H groups in total. The van der Waals surface area contributed by atoms with Crippen LogP contribution in [0.25, 0.3) is 11.2 Å². The minimum absolute atomic E-state index is 0. The molecule has 2 saturated heterocycles. The number of anilines is 1. The maximum absolute atomic E-state index is 12.7. The summed E-state index contributed by atoms with van der Waals surface area (Å²) in [4.78, 5) is 27.4. The van der Waals surface area contributed by atoms with Crippen molar-refractivity contribution in [2.75, 3.05) is 71.2 Å². The molecule has 0 saturated carbocycles. The first kappa shape index (κ1) is 31.7. The first-order valence-corrected chi connectivity index (χ1v) is 13.6. The van der Waals surface area contributed by atoms with Crippen molar-refractivity contribution in [2.45, 2.75) is 50.2 Å². The maximum atomic E-state index is 12.7. The fourth-order valence-corrected chi connectivity index (χ4v) is 4.83. The van der Waals surface area contributed by atoms with Crippen LogP contribution in [0.1, 0.15) is 31.9 Å². The van der Waals surface area contributed by atoms with Gasteiger partial charge in [-0.25, -0.2) is 15.0 Å². The van der Waals surface area contributed by atoms with Gasteiger partial charge in [0.25, 0.3) is 5.91 Å². The second kappa shape index (κ2) is 16.4. The third-order valence-corrected chi connectivity index (χ3v) is 7.03. The Labute approximate surface area is 241 Å². The Morgan fingerprint density at radius 3 is 2.36 bits per heavy atom. The molecule has 14 nitrogen and oxygen atoms in total. The van der Waals surface area contributed by atoms with Gasteiger partial charge in [0, 0.05) is 58.9 Å². The van der Waals surface area contributed by atoms with Gasteiger partial charge in [-0.2, -0.15) is 0 Å². The zero-order valence-corrected chi connectivity index (χ0v) is 25.6. The molecule has 4 rings (SSSR count). The van der Waals surface area contributed by atoms with Crippen LogP contribution in [0.3, 0.4) is 0 Å². The number of amides is 1. The van der Waals surface area contributed by atoms with Crippen LogP contribution in [0.15, 0.2) is 12.7 Å². The van der Waals surface area contributed by atoms with E-state index in [0.29, 0.717) is 17.7 Å². The molecule has 4 heterocycles. The van der Waals surface area contributed by atoms with E-state index < -0.39 is 30.4 Å². The number of aliphatic hydroxyl groups is 2. The van der Waals surface area contributed by atoms with Crippen molar-refractivity contribution < 1.29 is 39.2 Å². The number of nitrogen functional groups attached to an aromatic ring is 1. The summed E-state index contributed by atoms with van der Waals surface area (Å²) in [6, 6.07) is 0. The summed E-state index contributed by atoms with van der Waals surface area (Å²) in [5.74, 6) is -0.256. The number of nitrogens with two attached hydrogens (primary N) is 1. The summed E-state index contributed by atoms with van der Waals surface area (Å²) in [5.41, 5.74) is 6.54. The molecule has 0 aromatic carbocycles. The number of hydrogen-bond donors (Lipinski definition) is 7. The van der Waals surface area contributed by atoms with Gasteiger partial charge in [0.1, 0.15) is 24.1 Å². The Morgan fingerprint density at radius 1 is 0.974 bits per heavy atom. The maximum Gasteiger partial charge on any atom is 2.00 e. The number of nitrogens with one attached hydrogen (secondary N) is 4. The monoisotopic (exact) mass is 598 g/mol. The number of rotatable bonds is 9. The number of aromatic nitrogens is 4. The van der Waals surface area contributed by atoms with E-state index in [-0.39, 0.29) is 25.3 Å². The van der Waals surface area contributed by atoms with Gasteiger partial charge >= 0.3 is 19.5 Å². The number of unbranched alkanes of at least 4 members (excludes halogenated alkanes) is 3. The molecule has 0 bridgehead atoms. The van der Waals surface area contributed by atoms with E-state index >= 15 is 0 Å². The van der Waals surface area contributed by atoms with Gasteiger partial charge in [-0.05, 0) is 19.4 Å². The molecule has 15 heteroatoms. The number of ether oxygens (including phenoxy) is 1. The summed E-state index contributed by atoms with van der Waals surface area (Å²) >= 11 is 0. The minimum atomic E-state index is -1.38. The predicted octanol–water partition coefficient (Wildman–Crippen LogP) is -2.21. The zero-order valence-electron chi connectivity index (χ0n) is 22.6. The number of carbonyl (C=O) groups excluding carboxylic acids is 1. The summed E-state index contributed by atoms with van der Waals surface area (Å²) in [7, 11) is 0. The van der Waals surface area contributed by atoms with Gasteiger partial charge in [-0.15, -0.1) is 0 Å². The molecule has 2 aliphatic rings. The van der Waals surface area contributed by atoms with Crippen LogP contribution in [-0.4, -0.2) is 124 Å². The fraction of sp³-hybridized carbons (Fsp3) is 0.750. The molecular weight excluding hydrogens is 558 g/mol. The van der Waals surface area contributed by atoms with E-state index in [1.54, 1.807) is 0 Å². The van der Waals surface area contributed by atoms with E-state index in [0.717, 1.165) is 84.6 Å². The number of hydrogen-bond acceptors (Lipinski definition) is 12. The quantitative estimate of drug-likeness (QED) is 0.122. The molecule has 2 aromatic heterocycles. The molecule has 2 aromatic rings. The Kier molecular flexibility index (Phi) is 13.4. The van der Waals surface area contributed by atoms with Gasteiger partial charge < -0.3 is 46.9 Å². The molecule has 0 aliphatic carbocycles. The third-order valence-electron chi connectivity index (χ3n) is 7.03. The largest absolute Gasteiger partial charge is 2.00 e. The molecule has 0 spiro atoms. The number of nitrogens with zero attached hydrogens (tertiary/aromatic N) is 5. The summed E-state index contributed by atoms with van der Waals surface area (Å²) < 4.78 is 7.20. The normalized spacial score (nSPS) is 25.5. The molecule has 0 radical (unpaired) electrons. The average Bonchev–Trinajstić information content (AvgIpc) is 3.46. The second-order valence-corrected chi connectivity index (χ2v) is 9.81.